The highest BCUT2D eigenvalue weighted by molar-refractivity contribution is 5.90. The van der Waals surface area contributed by atoms with Crippen LogP contribution >= 0.6 is 0 Å². The van der Waals surface area contributed by atoms with E-state index in [-0.39, 0.29) is 18.2 Å². The molecular weight excluding hydrogens is 414 g/mol. The number of carbonyl (C=O) groups is 4. The normalized spacial score (nSPS) is 23.9. The first kappa shape index (κ1) is 27.7. The number of hydrogen-bond acceptors (Lipinski definition) is 5. The average Bonchev–Trinajstić information content (AvgIpc) is 2.68. The van der Waals surface area contributed by atoms with Crippen molar-refractivity contribution in [2.75, 3.05) is 20.1 Å². The summed E-state index contributed by atoms with van der Waals surface area (Å²) in [5.41, 5.74) is -0.634. The molecule has 0 spiro atoms. The molecule has 1 saturated heterocycles. The van der Waals surface area contributed by atoms with E-state index in [1.54, 1.807) is 25.7 Å². The molecule has 9 nitrogen and oxygen atoms in total. The van der Waals surface area contributed by atoms with Crippen molar-refractivity contribution < 1.29 is 29.0 Å². The number of nitrogens with zero attached hydrogens (tertiary/aromatic N) is 1. The Kier molecular flexibility index (Phi) is 11.0. The molecule has 3 atom stereocenters. The molecule has 9 heteroatoms. The Morgan fingerprint density at radius 1 is 1.16 bits per heavy atom. The van der Waals surface area contributed by atoms with Crippen molar-refractivity contribution in [2.24, 2.45) is 17.8 Å². The van der Waals surface area contributed by atoms with Crippen LogP contribution in [0.2, 0.25) is 0 Å². The summed E-state index contributed by atoms with van der Waals surface area (Å²) in [5.74, 6) is -3.30. The lowest BCUT2D eigenvalue weighted by molar-refractivity contribution is -0.148. The van der Waals surface area contributed by atoms with Crippen LogP contribution in [0.1, 0.15) is 73.1 Å². The molecule has 1 aliphatic rings. The van der Waals surface area contributed by atoms with E-state index in [1.807, 2.05) is 13.8 Å². The first-order chi connectivity index (χ1) is 14.9. The molecule has 3 amide bonds. The lowest BCUT2D eigenvalue weighted by Gasteiger charge is -2.28. The SMILES string of the molecule is CNC(=O)[C@@H]1CCCCN(C(=O)OC(C)(C)C)CCC[C@H](C(=O)O)[C@@H](CC(C)C)C(=O)N1. The van der Waals surface area contributed by atoms with Crippen molar-refractivity contribution >= 4 is 23.9 Å². The van der Waals surface area contributed by atoms with Gasteiger partial charge in [-0.25, -0.2) is 4.79 Å². The predicted octanol–water partition coefficient (Wildman–Crippen LogP) is 2.78. The molecule has 0 aromatic heterocycles. The number of ether oxygens (including phenoxy) is 1. The van der Waals surface area contributed by atoms with Gasteiger partial charge in [0.05, 0.1) is 11.8 Å². The Balaban J connectivity index is 3.17. The largest absolute Gasteiger partial charge is 0.481 e. The van der Waals surface area contributed by atoms with Crippen LogP contribution in [0, 0.1) is 17.8 Å². The van der Waals surface area contributed by atoms with Crippen LogP contribution in [0.3, 0.4) is 0 Å². The fourth-order valence-electron chi connectivity index (χ4n) is 3.95. The molecule has 0 aromatic carbocycles. The van der Waals surface area contributed by atoms with Crippen LogP contribution in [0.4, 0.5) is 4.79 Å². The summed E-state index contributed by atoms with van der Waals surface area (Å²) in [6.45, 7) is 10.1. The lowest BCUT2D eigenvalue weighted by atomic mass is 9.81. The quantitative estimate of drug-likeness (QED) is 0.599. The Morgan fingerprint density at radius 2 is 1.78 bits per heavy atom. The third kappa shape index (κ3) is 9.44. The molecule has 0 radical (unpaired) electrons. The van der Waals surface area contributed by atoms with Gasteiger partial charge in [-0.2, -0.15) is 0 Å². The van der Waals surface area contributed by atoms with E-state index in [1.165, 1.54) is 7.05 Å². The van der Waals surface area contributed by atoms with Gasteiger partial charge in [0.25, 0.3) is 0 Å². The number of hydrogen-bond donors (Lipinski definition) is 3. The highest BCUT2D eigenvalue weighted by Crippen LogP contribution is 2.27. The minimum Gasteiger partial charge on any atom is -0.481 e. The Bertz CT molecular complexity index is 659. The summed E-state index contributed by atoms with van der Waals surface area (Å²) >= 11 is 0. The maximum Gasteiger partial charge on any atom is 0.410 e. The summed E-state index contributed by atoms with van der Waals surface area (Å²) in [4.78, 5) is 51.8. The monoisotopic (exact) mass is 455 g/mol. The smallest absolute Gasteiger partial charge is 0.410 e. The van der Waals surface area contributed by atoms with Crippen molar-refractivity contribution in [1.29, 1.82) is 0 Å². The molecule has 0 aromatic rings. The number of carbonyl (C=O) groups excluding carboxylic acids is 3. The molecule has 1 aliphatic heterocycles. The van der Waals surface area contributed by atoms with Gasteiger partial charge in [-0.15, -0.1) is 0 Å². The highest BCUT2D eigenvalue weighted by Gasteiger charge is 2.36. The van der Waals surface area contributed by atoms with Crippen LogP contribution in [-0.4, -0.2) is 65.7 Å². The van der Waals surface area contributed by atoms with Gasteiger partial charge in [0, 0.05) is 20.1 Å². The summed E-state index contributed by atoms with van der Waals surface area (Å²) in [6.07, 6.45) is 2.32. The summed E-state index contributed by atoms with van der Waals surface area (Å²) in [5, 5.41) is 15.2. The summed E-state index contributed by atoms with van der Waals surface area (Å²) < 4.78 is 5.51. The average molecular weight is 456 g/mol. The number of aliphatic carboxylic acids is 1. The number of amides is 3. The van der Waals surface area contributed by atoms with Gasteiger partial charge in [-0.3, -0.25) is 14.4 Å². The van der Waals surface area contributed by atoms with Crippen LogP contribution in [0.5, 0.6) is 0 Å². The first-order valence-electron chi connectivity index (χ1n) is 11.6. The number of carboxylic acid groups (broad SMARTS) is 1. The molecule has 0 aliphatic carbocycles. The zero-order chi connectivity index (χ0) is 24.5. The molecule has 1 heterocycles. The first-order valence-corrected chi connectivity index (χ1v) is 11.6. The zero-order valence-electron chi connectivity index (χ0n) is 20.4. The molecule has 3 N–H and O–H groups in total. The van der Waals surface area contributed by atoms with E-state index in [2.05, 4.69) is 10.6 Å². The minimum absolute atomic E-state index is 0.111. The van der Waals surface area contributed by atoms with E-state index >= 15 is 0 Å². The van der Waals surface area contributed by atoms with Crippen LogP contribution in [0.15, 0.2) is 0 Å². The zero-order valence-corrected chi connectivity index (χ0v) is 20.4. The van der Waals surface area contributed by atoms with Crippen LogP contribution in [-0.2, 0) is 19.1 Å². The van der Waals surface area contributed by atoms with Crippen LogP contribution in [0.25, 0.3) is 0 Å². The van der Waals surface area contributed by atoms with Gasteiger partial charge in [-0.05, 0) is 65.2 Å². The van der Waals surface area contributed by atoms with Crippen molar-refractivity contribution in [3.63, 3.8) is 0 Å². The van der Waals surface area contributed by atoms with Crippen LogP contribution < -0.4 is 10.6 Å². The minimum atomic E-state index is -1.04. The molecule has 0 unspecified atom stereocenters. The number of carboxylic acids is 1. The molecular formula is C23H41N3O6. The topological polar surface area (TPSA) is 125 Å². The molecule has 32 heavy (non-hydrogen) atoms. The number of rotatable bonds is 4. The maximum atomic E-state index is 13.1. The second-order valence-electron chi connectivity index (χ2n) is 9.96. The van der Waals surface area contributed by atoms with E-state index in [4.69, 9.17) is 4.74 Å². The maximum absolute atomic E-state index is 13.1. The molecule has 1 rings (SSSR count). The third-order valence-electron chi connectivity index (χ3n) is 5.51. The van der Waals surface area contributed by atoms with Crippen molar-refractivity contribution in [3.05, 3.63) is 0 Å². The fraction of sp³-hybridized carbons (Fsp3) is 0.826. The Morgan fingerprint density at radius 3 is 2.31 bits per heavy atom. The molecule has 0 bridgehead atoms. The number of likely N-dealkylation sites (N-methyl/N-ethyl adjacent to an activating group) is 1. The van der Waals surface area contributed by atoms with Gasteiger partial charge in [0.15, 0.2) is 0 Å². The van der Waals surface area contributed by atoms with Crippen molar-refractivity contribution in [2.45, 2.75) is 84.8 Å². The lowest BCUT2D eigenvalue weighted by Crippen LogP contribution is -2.49. The second kappa shape index (κ2) is 12.6. The van der Waals surface area contributed by atoms with Gasteiger partial charge in [0.2, 0.25) is 11.8 Å². The van der Waals surface area contributed by atoms with E-state index < -0.39 is 41.4 Å². The predicted molar refractivity (Wildman–Crippen MR) is 121 cm³/mol. The van der Waals surface area contributed by atoms with Gasteiger partial charge >= 0.3 is 12.1 Å². The van der Waals surface area contributed by atoms with Gasteiger partial charge in [0.1, 0.15) is 11.6 Å². The fourth-order valence-corrected chi connectivity index (χ4v) is 3.95. The molecule has 0 saturated carbocycles. The standard InChI is InChI=1S/C23H41N3O6/c1-15(2)14-17-16(21(29)30)10-9-13-26(22(31)32-23(3,4)5)12-8-7-11-18(20(28)24-6)25-19(17)27/h15-18H,7-14H2,1-6H3,(H,24,28)(H,25,27)(H,29,30)/t16-,17+,18-/m0/s1. The molecule has 184 valence electrons. The van der Waals surface area contributed by atoms with Crippen molar-refractivity contribution in [3.8, 4) is 0 Å². The second-order valence-corrected chi connectivity index (χ2v) is 9.96. The van der Waals surface area contributed by atoms with Gasteiger partial charge in [-0.1, -0.05) is 13.8 Å². The molecule has 1 fully saturated rings. The summed E-state index contributed by atoms with van der Waals surface area (Å²) in [6, 6.07) is -0.743. The highest BCUT2D eigenvalue weighted by atomic mass is 16.6. The van der Waals surface area contributed by atoms with E-state index in [0.29, 0.717) is 45.2 Å². The Hall–Kier alpha value is -2.32. The Labute approximate surface area is 191 Å². The van der Waals surface area contributed by atoms with E-state index in [9.17, 15) is 24.3 Å². The van der Waals surface area contributed by atoms with E-state index in [0.717, 1.165) is 0 Å². The third-order valence-corrected chi connectivity index (χ3v) is 5.51. The van der Waals surface area contributed by atoms with Crippen molar-refractivity contribution in [1.82, 2.24) is 15.5 Å². The van der Waals surface area contributed by atoms with Gasteiger partial charge < -0.3 is 25.4 Å². The summed E-state index contributed by atoms with van der Waals surface area (Å²) in [7, 11) is 1.51. The number of nitrogens with one attached hydrogen (secondary N) is 2.